The highest BCUT2D eigenvalue weighted by Crippen LogP contribution is 2.26. The van der Waals surface area contributed by atoms with Crippen LogP contribution in [0, 0.1) is 13.8 Å². The Balaban J connectivity index is 1.76. The predicted octanol–water partition coefficient (Wildman–Crippen LogP) is 3.11. The maximum Gasteiger partial charge on any atom is 0.128 e. The van der Waals surface area contributed by atoms with Gasteiger partial charge in [0.1, 0.15) is 11.5 Å². The maximum atomic E-state index is 10.8. The van der Waals surface area contributed by atoms with Gasteiger partial charge in [-0.05, 0) is 70.7 Å². The van der Waals surface area contributed by atoms with Crippen LogP contribution in [-0.2, 0) is 13.1 Å². The number of hydrogen-bond donors (Lipinski definition) is 3. The van der Waals surface area contributed by atoms with Crippen LogP contribution in [0.25, 0.3) is 0 Å². The van der Waals surface area contributed by atoms with Crippen LogP contribution < -0.4 is 5.32 Å². The lowest BCUT2D eigenvalue weighted by molar-refractivity contribution is 0.266. The van der Waals surface area contributed by atoms with Gasteiger partial charge in [0.15, 0.2) is 0 Å². The predicted molar refractivity (Wildman–Crippen MR) is 141 cm³/mol. The molecule has 1 aliphatic heterocycles. The molecule has 184 valence electrons. The van der Waals surface area contributed by atoms with E-state index in [2.05, 4.69) is 39.2 Å². The van der Waals surface area contributed by atoms with Gasteiger partial charge in [-0.3, -0.25) is 9.98 Å². The van der Waals surface area contributed by atoms with Gasteiger partial charge in [0.05, 0.1) is 13.1 Å². The first-order chi connectivity index (χ1) is 16.3. The number of aromatic hydroxyl groups is 2. The summed E-state index contributed by atoms with van der Waals surface area (Å²) in [5.74, 6) is 0.627. The molecule has 7 nitrogen and oxygen atoms in total. The number of hydrogen-bond acceptors (Lipinski definition) is 7. The van der Waals surface area contributed by atoms with Gasteiger partial charge in [-0.25, -0.2) is 0 Å². The molecular formula is C27H39N5O2. The number of nitrogens with one attached hydrogen (secondary N) is 1. The van der Waals surface area contributed by atoms with Gasteiger partial charge in [0.25, 0.3) is 0 Å². The fourth-order valence-corrected chi connectivity index (χ4v) is 4.29. The minimum Gasteiger partial charge on any atom is -0.507 e. The molecule has 4 bridgehead atoms. The SMILES string of the molecule is Cc1cc2c(O)c(c1)CN(C)CCCN(C)Cc1cc(C)cc(c1O)C=NCCNCCN=C2. The topological polar surface area (TPSA) is 83.7 Å². The van der Waals surface area contributed by atoms with E-state index in [4.69, 9.17) is 0 Å². The lowest BCUT2D eigenvalue weighted by atomic mass is 10.0. The highest BCUT2D eigenvalue weighted by Gasteiger charge is 2.12. The van der Waals surface area contributed by atoms with Gasteiger partial charge in [0, 0.05) is 60.9 Å². The zero-order valence-corrected chi connectivity index (χ0v) is 21.0. The Hall–Kier alpha value is -2.74. The van der Waals surface area contributed by atoms with Crippen LogP contribution in [0.1, 0.15) is 39.8 Å². The molecule has 0 atom stereocenters. The average molecular weight is 466 g/mol. The van der Waals surface area contributed by atoms with Crippen molar-refractivity contribution in [2.24, 2.45) is 9.98 Å². The fourth-order valence-electron chi connectivity index (χ4n) is 4.29. The number of nitrogens with zero attached hydrogens (tertiary/aromatic N) is 4. The van der Waals surface area contributed by atoms with Gasteiger partial charge < -0.3 is 25.3 Å². The molecule has 0 aliphatic carbocycles. The molecule has 1 heterocycles. The van der Waals surface area contributed by atoms with E-state index in [-0.39, 0.29) is 0 Å². The van der Waals surface area contributed by atoms with Crippen molar-refractivity contribution in [1.82, 2.24) is 15.1 Å². The van der Waals surface area contributed by atoms with Gasteiger partial charge in [0.2, 0.25) is 0 Å². The number of aliphatic imine (C=N–C) groups is 2. The first-order valence-corrected chi connectivity index (χ1v) is 12.1. The summed E-state index contributed by atoms with van der Waals surface area (Å²) in [6.07, 6.45) is 4.53. The van der Waals surface area contributed by atoms with Crippen molar-refractivity contribution in [3.8, 4) is 11.5 Å². The number of aryl methyl sites for hydroxylation is 2. The van der Waals surface area contributed by atoms with Crippen molar-refractivity contribution in [2.75, 3.05) is 53.4 Å². The van der Waals surface area contributed by atoms with Gasteiger partial charge in [-0.2, -0.15) is 0 Å². The first-order valence-electron chi connectivity index (χ1n) is 12.1. The second-order valence-corrected chi connectivity index (χ2v) is 9.37. The van der Waals surface area contributed by atoms with E-state index < -0.39 is 0 Å². The van der Waals surface area contributed by atoms with Crippen LogP contribution in [-0.4, -0.2) is 85.8 Å². The Labute approximate surface area is 203 Å². The van der Waals surface area contributed by atoms with Crippen LogP contribution in [0.3, 0.4) is 0 Å². The first kappa shape index (κ1) is 25.9. The number of rotatable bonds is 0. The molecular weight excluding hydrogens is 426 g/mol. The smallest absolute Gasteiger partial charge is 0.128 e. The average Bonchev–Trinajstić information content (AvgIpc) is 2.77. The van der Waals surface area contributed by atoms with E-state index in [0.717, 1.165) is 66.0 Å². The normalized spacial score (nSPS) is 17.8. The van der Waals surface area contributed by atoms with Gasteiger partial charge >= 0.3 is 0 Å². The molecule has 0 spiro atoms. The molecule has 34 heavy (non-hydrogen) atoms. The van der Waals surface area contributed by atoms with Gasteiger partial charge in [-0.15, -0.1) is 0 Å². The van der Waals surface area contributed by atoms with E-state index in [0.29, 0.717) is 37.7 Å². The second-order valence-electron chi connectivity index (χ2n) is 9.37. The van der Waals surface area contributed by atoms with Crippen molar-refractivity contribution in [1.29, 1.82) is 0 Å². The van der Waals surface area contributed by atoms with Crippen molar-refractivity contribution < 1.29 is 10.2 Å². The molecule has 2 aromatic rings. The molecule has 0 saturated carbocycles. The zero-order valence-electron chi connectivity index (χ0n) is 21.0. The standard InChI is InChI=1S/C27H39N5O2/c1-20-12-22-16-29-8-6-28-7-9-30-17-23-13-21(2)15-25(27(23)34)19-32(4)11-5-10-31(3)18-24(14-20)26(22)33/h12-17,28,33-34H,5-11,18-19H2,1-4H3. The van der Waals surface area contributed by atoms with Crippen LogP contribution in [0.5, 0.6) is 11.5 Å². The molecule has 2 aromatic carbocycles. The molecule has 0 amide bonds. The van der Waals surface area contributed by atoms with Crippen LogP contribution >= 0.6 is 0 Å². The maximum absolute atomic E-state index is 10.8. The van der Waals surface area contributed by atoms with Crippen LogP contribution in [0.15, 0.2) is 34.3 Å². The third kappa shape index (κ3) is 7.65. The molecule has 0 unspecified atom stereocenters. The summed E-state index contributed by atoms with van der Waals surface area (Å²) in [6.45, 7) is 10.0. The summed E-state index contributed by atoms with van der Waals surface area (Å²) in [5, 5.41) is 24.9. The summed E-state index contributed by atoms with van der Waals surface area (Å²) >= 11 is 0. The zero-order chi connectivity index (χ0) is 24.5. The highest BCUT2D eigenvalue weighted by molar-refractivity contribution is 5.85. The summed E-state index contributed by atoms with van der Waals surface area (Å²) in [5.41, 5.74) is 5.62. The van der Waals surface area contributed by atoms with Crippen LogP contribution in [0.4, 0.5) is 0 Å². The minimum atomic E-state index is 0.313. The lowest BCUT2D eigenvalue weighted by Crippen LogP contribution is -2.25. The summed E-state index contributed by atoms with van der Waals surface area (Å²) in [6, 6.07) is 8.05. The number of fused-ring (bicyclic) bond motifs is 4. The monoisotopic (exact) mass is 465 g/mol. The number of phenolic OH excluding ortho intramolecular Hbond substituents is 2. The van der Waals surface area contributed by atoms with E-state index in [1.165, 1.54) is 0 Å². The van der Waals surface area contributed by atoms with Crippen molar-refractivity contribution in [3.05, 3.63) is 57.6 Å². The lowest BCUT2D eigenvalue weighted by Gasteiger charge is -2.22. The number of phenols is 2. The molecule has 0 saturated heterocycles. The molecule has 0 radical (unpaired) electrons. The minimum absolute atomic E-state index is 0.313. The Morgan fingerprint density at radius 1 is 0.735 bits per heavy atom. The molecule has 0 fully saturated rings. The molecule has 0 aromatic heterocycles. The van der Waals surface area contributed by atoms with Gasteiger partial charge in [-0.1, -0.05) is 12.1 Å². The van der Waals surface area contributed by atoms with E-state index in [1.54, 1.807) is 12.4 Å². The molecule has 7 heteroatoms. The molecule has 3 N–H and O–H groups in total. The van der Waals surface area contributed by atoms with Crippen molar-refractivity contribution >= 4 is 12.4 Å². The van der Waals surface area contributed by atoms with E-state index in [1.807, 2.05) is 38.1 Å². The molecule has 3 rings (SSSR count). The Morgan fingerprint density at radius 3 is 1.62 bits per heavy atom. The Kier molecular flexibility index (Phi) is 9.62. The Bertz CT molecular complexity index is 939. The molecule has 1 aliphatic rings. The third-order valence-corrected chi connectivity index (χ3v) is 5.98. The fraction of sp³-hybridized carbons (Fsp3) is 0.481. The highest BCUT2D eigenvalue weighted by atomic mass is 16.3. The Morgan fingerprint density at radius 2 is 1.18 bits per heavy atom. The summed E-state index contributed by atoms with van der Waals surface area (Å²) in [4.78, 5) is 13.4. The largest absolute Gasteiger partial charge is 0.507 e. The second kappa shape index (κ2) is 12.6. The van der Waals surface area contributed by atoms with Crippen molar-refractivity contribution in [3.63, 3.8) is 0 Å². The quantitative estimate of drug-likeness (QED) is 0.557. The van der Waals surface area contributed by atoms with Crippen LogP contribution in [0.2, 0.25) is 0 Å². The van der Waals surface area contributed by atoms with E-state index in [9.17, 15) is 10.2 Å². The third-order valence-electron chi connectivity index (χ3n) is 5.98. The summed E-state index contributed by atoms with van der Waals surface area (Å²) < 4.78 is 0. The summed E-state index contributed by atoms with van der Waals surface area (Å²) in [7, 11) is 4.16. The van der Waals surface area contributed by atoms with Crippen molar-refractivity contribution in [2.45, 2.75) is 33.4 Å². The number of benzene rings is 2. The van der Waals surface area contributed by atoms with E-state index >= 15 is 0 Å².